The van der Waals surface area contributed by atoms with E-state index in [-0.39, 0.29) is 11.3 Å². The average Bonchev–Trinajstić information content (AvgIpc) is 2.27. The third-order valence-electron chi connectivity index (χ3n) is 1.69. The molecule has 0 bridgehead atoms. The largest absolute Gasteiger partial charge is 0.279 e. The summed E-state index contributed by atoms with van der Waals surface area (Å²) in [6.45, 7) is 3.45. The maximum absolute atomic E-state index is 11.9. The van der Waals surface area contributed by atoms with E-state index in [1.54, 1.807) is 0 Å². The van der Waals surface area contributed by atoms with Crippen molar-refractivity contribution in [3.05, 3.63) is 40.8 Å². The van der Waals surface area contributed by atoms with Crippen molar-refractivity contribution in [3.8, 4) is 0 Å². The van der Waals surface area contributed by atoms with Crippen molar-refractivity contribution in [2.24, 2.45) is 5.18 Å². The van der Waals surface area contributed by atoms with Crippen LogP contribution < -0.4 is 5.54 Å². The van der Waals surface area contributed by atoms with Crippen LogP contribution in [-0.4, -0.2) is 5.91 Å². The third-order valence-corrected chi connectivity index (χ3v) is 1.69. The summed E-state index contributed by atoms with van der Waals surface area (Å²) in [5.41, 5.74) is 1.51. The SMILES string of the molecule is C=Cc1ccc(N=O)cc1C(=O)NF. The Morgan fingerprint density at radius 3 is 2.79 bits per heavy atom. The van der Waals surface area contributed by atoms with Gasteiger partial charge in [0, 0.05) is 0 Å². The lowest BCUT2D eigenvalue weighted by Gasteiger charge is -2.02. The van der Waals surface area contributed by atoms with Crippen molar-refractivity contribution in [1.29, 1.82) is 0 Å². The number of benzene rings is 1. The molecule has 0 aliphatic rings. The first-order chi connectivity index (χ1) is 6.72. The Bertz CT molecular complexity index is 390. The number of rotatable bonds is 3. The highest BCUT2D eigenvalue weighted by atomic mass is 19.2. The molecule has 72 valence electrons. The van der Waals surface area contributed by atoms with Crippen LogP contribution in [-0.2, 0) is 0 Å². The van der Waals surface area contributed by atoms with E-state index in [0.29, 0.717) is 5.56 Å². The lowest BCUT2D eigenvalue weighted by Crippen LogP contribution is -2.14. The standard InChI is InChI=1S/C9H7FN2O2/c1-2-6-3-4-7(12-14)5-8(6)9(13)11-10/h2-5H,1H2,(H,11,13). The van der Waals surface area contributed by atoms with Crippen LogP contribution in [0.2, 0.25) is 0 Å². The van der Waals surface area contributed by atoms with E-state index >= 15 is 0 Å². The summed E-state index contributed by atoms with van der Waals surface area (Å²) in [6.07, 6.45) is 1.39. The molecule has 0 aliphatic heterocycles. The first-order valence-electron chi connectivity index (χ1n) is 3.73. The van der Waals surface area contributed by atoms with Gasteiger partial charge >= 0.3 is 0 Å². The molecule has 0 atom stereocenters. The molecule has 0 radical (unpaired) electrons. The zero-order valence-electron chi connectivity index (χ0n) is 7.16. The number of hydrogen-bond donors (Lipinski definition) is 1. The van der Waals surface area contributed by atoms with Gasteiger partial charge in [-0.2, -0.15) is 5.54 Å². The molecule has 0 spiro atoms. The summed E-state index contributed by atoms with van der Waals surface area (Å²) < 4.78 is 11.9. The van der Waals surface area contributed by atoms with E-state index in [2.05, 4.69) is 11.8 Å². The van der Waals surface area contributed by atoms with Crippen LogP contribution in [0, 0.1) is 4.91 Å². The van der Waals surface area contributed by atoms with Crippen molar-refractivity contribution in [3.63, 3.8) is 0 Å². The summed E-state index contributed by atoms with van der Waals surface area (Å²) >= 11 is 0. The molecule has 0 saturated heterocycles. The molecular weight excluding hydrogens is 187 g/mol. The normalized spacial score (nSPS) is 9.21. The minimum atomic E-state index is -0.926. The minimum Gasteiger partial charge on any atom is -0.267 e. The molecule has 1 N–H and O–H groups in total. The zero-order chi connectivity index (χ0) is 10.6. The Kier molecular flexibility index (Phi) is 3.06. The van der Waals surface area contributed by atoms with Crippen molar-refractivity contribution < 1.29 is 9.28 Å². The number of carbonyl (C=O) groups is 1. The molecule has 1 amide bonds. The molecule has 14 heavy (non-hydrogen) atoms. The highest BCUT2D eigenvalue weighted by Gasteiger charge is 2.10. The van der Waals surface area contributed by atoms with Crippen LogP contribution in [0.25, 0.3) is 6.08 Å². The molecule has 0 aromatic heterocycles. The van der Waals surface area contributed by atoms with Crippen molar-refractivity contribution >= 4 is 17.7 Å². The first kappa shape index (κ1) is 10.0. The highest BCUT2D eigenvalue weighted by Crippen LogP contribution is 2.19. The smallest absolute Gasteiger partial charge is 0.267 e. The lowest BCUT2D eigenvalue weighted by atomic mass is 10.1. The highest BCUT2D eigenvalue weighted by molar-refractivity contribution is 5.97. The van der Waals surface area contributed by atoms with Crippen molar-refractivity contribution in [2.45, 2.75) is 0 Å². The summed E-state index contributed by atoms with van der Waals surface area (Å²) in [7, 11) is 0. The average molecular weight is 194 g/mol. The maximum Gasteiger partial charge on any atom is 0.279 e. The predicted octanol–water partition coefficient (Wildman–Crippen LogP) is 2.34. The Balaban J connectivity index is 3.27. The van der Waals surface area contributed by atoms with Gasteiger partial charge in [-0.1, -0.05) is 23.2 Å². The minimum absolute atomic E-state index is 0.0274. The van der Waals surface area contributed by atoms with Gasteiger partial charge in [-0.15, -0.1) is 4.91 Å². The fourth-order valence-corrected chi connectivity index (χ4v) is 1.03. The number of halogens is 1. The van der Waals surface area contributed by atoms with Gasteiger partial charge in [0.15, 0.2) is 0 Å². The van der Waals surface area contributed by atoms with Crippen LogP contribution in [0.5, 0.6) is 0 Å². The number of hydrogen-bond acceptors (Lipinski definition) is 3. The Morgan fingerprint density at radius 1 is 1.57 bits per heavy atom. The molecular formula is C9H7FN2O2. The van der Waals surface area contributed by atoms with E-state index < -0.39 is 5.91 Å². The van der Waals surface area contributed by atoms with Crippen LogP contribution in [0.15, 0.2) is 30.0 Å². The van der Waals surface area contributed by atoms with Gasteiger partial charge in [0.05, 0.1) is 5.56 Å². The Morgan fingerprint density at radius 2 is 2.29 bits per heavy atom. The van der Waals surface area contributed by atoms with E-state index in [1.807, 2.05) is 0 Å². The monoisotopic (exact) mass is 194 g/mol. The lowest BCUT2D eigenvalue weighted by molar-refractivity contribution is 0.0859. The van der Waals surface area contributed by atoms with Gasteiger partial charge in [0.2, 0.25) is 0 Å². The molecule has 0 unspecified atom stereocenters. The van der Waals surface area contributed by atoms with E-state index in [9.17, 15) is 14.2 Å². The first-order valence-corrected chi connectivity index (χ1v) is 3.73. The molecule has 0 aliphatic carbocycles. The summed E-state index contributed by atoms with van der Waals surface area (Å²) in [4.78, 5) is 21.2. The van der Waals surface area contributed by atoms with Gasteiger partial charge in [0.25, 0.3) is 5.91 Å². The predicted molar refractivity (Wildman–Crippen MR) is 50.6 cm³/mol. The van der Waals surface area contributed by atoms with Crippen molar-refractivity contribution in [1.82, 2.24) is 5.54 Å². The second kappa shape index (κ2) is 4.27. The molecule has 1 rings (SSSR count). The van der Waals surface area contributed by atoms with Crippen LogP contribution in [0.3, 0.4) is 0 Å². The number of nitroso groups, excluding NO2 is 1. The van der Waals surface area contributed by atoms with Crippen LogP contribution in [0.4, 0.5) is 10.2 Å². The van der Waals surface area contributed by atoms with E-state index in [4.69, 9.17) is 0 Å². The molecule has 1 aromatic rings. The van der Waals surface area contributed by atoms with Crippen molar-refractivity contribution in [2.75, 3.05) is 0 Å². The van der Waals surface area contributed by atoms with Gasteiger partial charge in [-0.3, -0.25) is 4.79 Å². The quantitative estimate of drug-likeness (QED) is 0.593. The summed E-state index contributed by atoms with van der Waals surface area (Å²) in [5, 5.41) is 2.64. The number of carbonyl (C=O) groups excluding carboxylic acids is 1. The Hall–Kier alpha value is -2.04. The molecule has 0 fully saturated rings. The molecule has 4 nitrogen and oxygen atoms in total. The van der Waals surface area contributed by atoms with Crippen LogP contribution in [0.1, 0.15) is 15.9 Å². The molecule has 0 saturated carbocycles. The number of nitrogens with zero attached hydrogens (tertiary/aromatic N) is 1. The second-order valence-corrected chi connectivity index (χ2v) is 2.49. The summed E-state index contributed by atoms with van der Waals surface area (Å²) in [6, 6.07) is 4.08. The van der Waals surface area contributed by atoms with E-state index in [1.165, 1.54) is 24.3 Å². The number of nitrogens with one attached hydrogen (secondary N) is 1. The van der Waals surface area contributed by atoms with Gasteiger partial charge in [0.1, 0.15) is 5.69 Å². The topological polar surface area (TPSA) is 58.5 Å². The van der Waals surface area contributed by atoms with Crippen LogP contribution >= 0.6 is 0 Å². The second-order valence-electron chi connectivity index (χ2n) is 2.49. The molecule has 0 heterocycles. The molecule has 5 heteroatoms. The maximum atomic E-state index is 11.9. The van der Waals surface area contributed by atoms with Gasteiger partial charge < -0.3 is 0 Å². The van der Waals surface area contributed by atoms with Gasteiger partial charge in [-0.05, 0) is 22.9 Å². The fourth-order valence-electron chi connectivity index (χ4n) is 1.03. The molecule has 1 aromatic carbocycles. The van der Waals surface area contributed by atoms with Gasteiger partial charge in [-0.25, -0.2) is 0 Å². The third kappa shape index (κ3) is 1.82. The summed E-state index contributed by atoms with van der Waals surface area (Å²) in [5.74, 6) is -0.926. The Labute approximate surface area is 79.3 Å². The fraction of sp³-hybridized carbons (Fsp3) is 0. The number of amides is 1. The zero-order valence-corrected chi connectivity index (χ0v) is 7.16. The van der Waals surface area contributed by atoms with E-state index in [0.717, 1.165) is 5.54 Å².